The van der Waals surface area contributed by atoms with Crippen molar-refractivity contribution in [3.63, 3.8) is 0 Å². The van der Waals surface area contributed by atoms with Gasteiger partial charge in [-0.25, -0.2) is 0 Å². The normalized spacial score (nSPS) is 12.8. The van der Waals surface area contributed by atoms with Gasteiger partial charge in [0.25, 0.3) is 0 Å². The minimum atomic E-state index is -1.23. The van der Waals surface area contributed by atoms with E-state index in [1.807, 2.05) is 48.5 Å². The minimum Gasteiger partial charge on any atom is -0.457 e. The van der Waals surface area contributed by atoms with Crippen molar-refractivity contribution in [1.29, 1.82) is 0 Å². The number of hydrogen-bond acceptors (Lipinski definition) is 5. The molecule has 0 bridgehead atoms. The zero-order chi connectivity index (χ0) is 28.8. The van der Waals surface area contributed by atoms with Gasteiger partial charge in [-0.05, 0) is 60.7 Å². The average molecular weight is 579 g/mol. The Morgan fingerprint density at radius 2 is 0.907 bits per heavy atom. The summed E-state index contributed by atoms with van der Waals surface area (Å²) in [5, 5.41) is 0. The van der Waals surface area contributed by atoms with Crippen molar-refractivity contribution in [3.05, 3.63) is 156 Å². The number of aromatic nitrogens is 4. The number of rotatable bonds is 4. The molecule has 4 aromatic heterocycles. The fourth-order valence-corrected chi connectivity index (χ4v) is 5.47. The van der Waals surface area contributed by atoms with Crippen LogP contribution in [0.3, 0.4) is 0 Å². The lowest BCUT2D eigenvalue weighted by molar-refractivity contribution is 0.430. The highest BCUT2D eigenvalue weighted by molar-refractivity contribution is 5.70. The van der Waals surface area contributed by atoms with E-state index in [0.29, 0.717) is 34.0 Å². The Labute approximate surface area is 244 Å². The maximum atomic E-state index is 14.8. The molecule has 0 atom stereocenters. The molecule has 0 fully saturated rings. The quantitative estimate of drug-likeness (QED) is 0.155. The van der Waals surface area contributed by atoms with Gasteiger partial charge in [0, 0.05) is 11.1 Å². The summed E-state index contributed by atoms with van der Waals surface area (Å²) in [5.41, 5.74) is 1.54. The standard InChI is InChI=1S/C33H18F4N4O.CH4/c34-29-17-15-19(31(36)40-29)23-9-5-13-27(38-23)33(21-7-1-3-11-25(21)42-26-12-4-2-8-22(26)33)28-14-6-10-24(39-28)20-16-18-30(35)41-32(20)37;/h1-18H;1H4. The van der Waals surface area contributed by atoms with Gasteiger partial charge in [-0.1, -0.05) is 56.0 Å². The molecule has 2 aromatic carbocycles. The van der Waals surface area contributed by atoms with Gasteiger partial charge < -0.3 is 4.74 Å². The first-order chi connectivity index (χ1) is 20.4. The summed E-state index contributed by atoms with van der Waals surface area (Å²) in [5.74, 6) is -2.80. The third-order valence-electron chi connectivity index (χ3n) is 7.25. The highest BCUT2D eigenvalue weighted by Gasteiger charge is 2.47. The van der Waals surface area contributed by atoms with Crippen LogP contribution in [0, 0.1) is 23.8 Å². The number of halogens is 4. The molecule has 43 heavy (non-hydrogen) atoms. The first-order valence-corrected chi connectivity index (χ1v) is 12.9. The highest BCUT2D eigenvalue weighted by Crippen LogP contribution is 2.54. The van der Waals surface area contributed by atoms with E-state index in [1.165, 1.54) is 12.1 Å². The lowest BCUT2D eigenvalue weighted by Crippen LogP contribution is -2.36. The third-order valence-corrected chi connectivity index (χ3v) is 7.25. The lowest BCUT2D eigenvalue weighted by atomic mass is 9.67. The van der Waals surface area contributed by atoms with Gasteiger partial charge in [0.1, 0.15) is 16.9 Å². The maximum absolute atomic E-state index is 14.8. The van der Waals surface area contributed by atoms with Gasteiger partial charge in [-0.15, -0.1) is 0 Å². The molecule has 7 rings (SSSR count). The van der Waals surface area contributed by atoms with Crippen LogP contribution in [-0.4, -0.2) is 19.9 Å². The molecule has 6 aromatic rings. The van der Waals surface area contributed by atoms with Gasteiger partial charge in [0.15, 0.2) is 0 Å². The predicted molar refractivity (Wildman–Crippen MR) is 153 cm³/mol. The molecule has 5 heterocycles. The first kappa shape index (κ1) is 27.7. The summed E-state index contributed by atoms with van der Waals surface area (Å²) in [6.45, 7) is 0. The smallest absolute Gasteiger partial charge is 0.224 e. The number of benzene rings is 2. The van der Waals surface area contributed by atoms with Crippen molar-refractivity contribution in [2.24, 2.45) is 0 Å². The van der Waals surface area contributed by atoms with Crippen LogP contribution in [0.4, 0.5) is 17.6 Å². The van der Waals surface area contributed by atoms with Crippen LogP contribution >= 0.6 is 0 Å². The Balaban J connectivity index is 0.00000329. The van der Waals surface area contributed by atoms with E-state index in [2.05, 4.69) is 9.97 Å². The first-order valence-electron chi connectivity index (χ1n) is 12.9. The molecule has 0 saturated heterocycles. The third kappa shape index (κ3) is 4.50. The molecule has 0 unspecified atom stereocenters. The van der Waals surface area contributed by atoms with Crippen LogP contribution in [0.15, 0.2) is 109 Å². The average Bonchev–Trinajstić information content (AvgIpc) is 3.00. The molecule has 0 saturated carbocycles. The van der Waals surface area contributed by atoms with Crippen molar-refractivity contribution in [2.45, 2.75) is 12.8 Å². The minimum absolute atomic E-state index is 0. The fraction of sp³-hybridized carbons (Fsp3) is 0.0588. The molecule has 0 N–H and O–H groups in total. The van der Waals surface area contributed by atoms with E-state index in [1.54, 1.807) is 36.4 Å². The molecule has 0 spiro atoms. The summed E-state index contributed by atoms with van der Waals surface area (Å²) in [7, 11) is 0. The van der Waals surface area contributed by atoms with Gasteiger partial charge in [0.2, 0.25) is 23.8 Å². The van der Waals surface area contributed by atoms with E-state index in [4.69, 9.17) is 14.7 Å². The molecule has 9 heteroatoms. The molecule has 1 aliphatic rings. The van der Waals surface area contributed by atoms with E-state index >= 15 is 0 Å². The maximum Gasteiger partial charge on any atom is 0.224 e. The molecule has 0 aliphatic carbocycles. The molecular weight excluding hydrogens is 556 g/mol. The summed E-state index contributed by atoms with van der Waals surface area (Å²) >= 11 is 0. The number of hydrogen-bond donors (Lipinski definition) is 0. The van der Waals surface area contributed by atoms with E-state index in [9.17, 15) is 17.6 Å². The Morgan fingerprint density at radius 1 is 0.465 bits per heavy atom. The molecule has 212 valence electrons. The van der Waals surface area contributed by atoms with Crippen LogP contribution in [0.25, 0.3) is 22.5 Å². The Hall–Kier alpha value is -5.44. The van der Waals surface area contributed by atoms with Crippen LogP contribution in [0.2, 0.25) is 0 Å². The van der Waals surface area contributed by atoms with Gasteiger partial charge in [0.05, 0.1) is 33.9 Å². The largest absolute Gasteiger partial charge is 0.457 e. The van der Waals surface area contributed by atoms with Crippen molar-refractivity contribution in [2.75, 3.05) is 0 Å². The predicted octanol–water partition coefficient (Wildman–Crippen LogP) is 8.28. The number of nitrogens with zero attached hydrogens (tertiary/aromatic N) is 4. The Bertz CT molecular complexity index is 1860. The van der Waals surface area contributed by atoms with E-state index in [-0.39, 0.29) is 29.9 Å². The van der Waals surface area contributed by atoms with Crippen LogP contribution in [-0.2, 0) is 5.41 Å². The molecule has 5 nitrogen and oxygen atoms in total. The highest BCUT2D eigenvalue weighted by atomic mass is 19.1. The topological polar surface area (TPSA) is 60.8 Å². The molecule has 0 amide bonds. The fourth-order valence-electron chi connectivity index (χ4n) is 5.47. The number of pyridine rings is 4. The zero-order valence-electron chi connectivity index (χ0n) is 21.6. The Morgan fingerprint density at radius 3 is 1.35 bits per heavy atom. The van der Waals surface area contributed by atoms with Gasteiger partial charge in [-0.3, -0.25) is 9.97 Å². The number of ether oxygens (including phenoxy) is 1. The summed E-state index contributed by atoms with van der Waals surface area (Å²) in [6, 6.07) is 29.7. The van der Waals surface area contributed by atoms with Crippen LogP contribution in [0.1, 0.15) is 29.9 Å². The SMILES string of the molecule is C.Fc1ccc(-c2cccc(C3(c4cccc(-c5ccc(F)nc5F)n4)c4ccccc4Oc4ccccc43)n2)c(F)n1. The summed E-state index contributed by atoms with van der Waals surface area (Å²) < 4.78 is 63.2. The van der Waals surface area contributed by atoms with Crippen LogP contribution < -0.4 is 4.74 Å². The number of fused-ring (bicyclic) bond motifs is 2. The number of para-hydroxylation sites is 2. The summed E-state index contributed by atoms with van der Waals surface area (Å²) in [4.78, 5) is 16.5. The van der Waals surface area contributed by atoms with Crippen LogP contribution in [0.5, 0.6) is 11.5 Å². The molecule has 0 radical (unpaired) electrons. The van der Waals surface area contributed by atoms with Gasteiger partial charge >= 0.3 is 0 Å². The van der Waals surface area contributed by atoms with Crippen molar-refractivity contribution < 1.29 is 22.3 Å². The van der Waals surface area contributed by atoms with Crippen molar-refractivity contribution >= 4 is 0 Å². The van der Waals surface area contributed by atoms with Gasteiger partial charge in [-0.2, -0.15) is 27.5 Å². The molecular formula is C34H22F4N4O. The van der Waals surface area contributed by atoms with E-state index < -0.39 is 29.2 Å². The molecule has 1 aliphatic heterocycles. The Kier molecular flexibility index (Phi) is 6.93. The second-order valence-electron chi connectivity index (χ2n) is 9.61. The second-order valence-corrected chi connectivity index (χ2v) is 9.61. The van der Waals surface area contributed by atoms with E-state index in [0.717, 1.165) is 12.1 Å². The summed E-state index contributed by atoms with van der Waals surface area (Å²) in [6.07, 6.45) is 0. The zero-order valence-corrected chi connectivity index (χ0v) is 21.6. The van der Waals surface area contributed by atoms with Crippen molar-refractivity contribution in [3.8, 4) is 34.0 Å². The monoisotopic (exact) mass is 578 g/mol. The second kappa shape index (κ2) is 10.8. The van der Waals surface area contributed by atoms with Crippen molar-refractivity contribution in [1.82, 2.24) is 19.9 Å². The lowest BCUT2D eigenvalue weighted by Gasteiger charge is -2.39.